The Hall–Kier alpha value is -7.61. The molecule has 4 aliphatic rings. The van der Waals surface area contributed by atoms with Crippen LogP contribution in [0.3, 0.4) is 0 Å². The summed E-state index contributed by atoms with van der Waals surface area (Å²) in [4.78, 5) is 79.3. The van der Waals surface area contributed by atoms with Crippen LogP contribution in [0, 0.1) is 5.92 Å². The van der Waals surface area contributed by atoms with E-state index in [-0.39, 0.29) is 47.5 Å². The maximum absolute atomic E-state index is 13.5. The van der Waals surface area contributed by atoms with E-state index in [0.29, 0.717) is 141 Å². The van der Waals surface area contributed by atoms with Gasteiger partial charge in [-0.15, -0.1) is 5.10 Å². The SMILES string of the molecule is NC(=O)c1c(-c2ccc(Oc3ccccc3)cc2)nn2c1NCCC2C1CCN(C(=O)c2cn(CCOCCOCCOCCOCCOCCOCCNc3cccc4c3C(=O)N(C3CCC(=O)NC3=O)C4=O)nn2)CC1. The molecule has 3 aromatic carbocycles. The van der Waals surface area contributed by atoms with E-state index in [1.807, 2.05) is 64.2 Å². The van der Waals surface area contributed by atoms with Gasteiger partial charge in [0.05, 0.1) is 109 Å². The maximum Gasteiger partial charge on any atom is 0.276 e. The lowest BCUT2D eigenvalue weighted by Crippen LogP contribution is -2.54. The molecule has 2 saturated heterocycles. The quantitative estimate of drug-likeness (QED) is 0.0393. The second kappa shape index (κ2) is 27.1. The van der Waals surface area contributed by atoms with Crippen molar-refractivity contribution in [2.24, 2.45) is 11.7 Å². The van der Waals surface area contributed by atoms with Crippen molar-refractivity contribution in [3.05, 3.63) is 101 Å². The molecule has 0 saturated carbocycles. The standard InChI is InChI=1S/C54H65N11O13/c55-49(67)47-48(37-9-11-39(12-10-37)78-38-5-2-1-3-6-38)60-65-43(15-18-57-50(47)65)36-16-20-62(21-17-36)53(70)42-35-63(61-59-42)22-24-73-26-28-75-30-32-77-34-33-76-31-29-74-27-25-72-23-19-56-41-8-4-7-40-46(41)54(71)64(52(40)69)44-13-14-45(66)58-51(44)68/h1-12,35-36,43-44,56-57H,13-34H2,(H2,55,67)(H,58,66,68). The lowest BCUT2D eigenvalue weighted by Gasteiger charge is -2.38. The number of piperidine rings is 2. The summed E-state index contributed by atoms with van der Waals surface area (Å²) in [7, 11) is 0. The van der Waals surface area contributed by atoms with Gasteiger partial charge in [-0.3, -0.25) is 39.0 Å². The Morgan fingerprint density at radius 1 is 0.705 bits per heavy atom. The Bertz CT molecular complexity index is 2870. The fraction of sp³-hybridized carbons (Fsp3) is 0.463. The fourth-order valence-corrected chi connectivity index (χ4v) is 9.92. The number of benzene rings is 3. The molecule has 24 heteroatoms. The highest BCUT2D eigenvalue weighted by Gasteiger charge is 2.46. The first-order valence-corrected chi connectivity index (χ1v) is 26.4. The summed E-state index contributed by atoms with van der Waals surface area (Å²) in [6.45, 7) is 7.19. The third-order valence-electron chi connectivity index (χ3n) is 13.8. The molecule has 2 aromatic heterocycles. The summed E-state index contributed by atoms with van der Waals surface area (Å²) in [5, 5.41) is 22.0. The van der Waals surface area contributed by atoms with E-state index in [0.717, 1.165) is 35.5 Å². The monoisotopic (exact) mass is 1080 g/mol. The van der Waals surface area contributed by atoms with Crippen LogP contribution in [0.1, 0.15) is 79.7 Å². The number of fused-ring (bicyclic) bond motifs is 2. The minimum Gasteiger partial charge on any atom is -0.457 e. The zero-order valence-corrected chi connectivity index (χ0v) is 43.3. The predicted molar refractivity (Wildman–Crippen MR) is 280 cm³/mol. The third-order valence-corrected chi connectivity index (χ3v) is 13.8. The van der Waals surface area contributed by atoms with Gasteiger partial charge in [0.25, 0.3) is 23.6 Å². The molecule has 4 aliphatic heterocycles. The van der Waals surface area contributed by atoms with Crippen molar-refractivity contribution in [3.8, 4) is 22.8 Å². The highest BCUT2D eigenvalue weighted by molar-refractivity contribution is 6.25. The molecule has 0 bridgehead atoms. The summed E-state index contributed by atoms with van der Waals surface area (Å²) in [5.41, 5.74) is 8.75. The molecule has 6 amide bonds. The van der Waals surface area contributed by atoms with Crippen molar-refractivity contribution in [1.82, 2.24) is 39.9 Å². The number of likely N-dealkylation sites (tertiary alicyclic amines) is 1. The molecular formula is C54H65N11O13. The number of ether oxygens (including phenoxy) is 7. The number of imide groups is 2. The molecular weight excluding hydrogens is 1010 g/mol. The summed E-state index contributed by atoms with van der Waals surface area (Å²) in [6, 6.07) is 20.9. The molecule has 2 atom stereocenters. The molecule has 78 heavy (non-hydrogen) atoms. The molecule has 24 nitrogen and oxygen atoms in total. The number of amides is 6. The van der Waals surface area contributed by atoms with E-state index in [2.05, 4.69) is 26.3 Å². The van der Waals surface area contributed by atoms with Crippen LogP contribution in [0.2, 0.25) is 0 Å². The lowest BCUT2D eigenvalue weighted by molar-refractivity contribution is -0.136. The Morgan fingerprint density at radius 2 is 1.35 bits per heavy atom. The molecule has 2 fully saturated rings. The molecule has 2 unspecified atom stereocenters. The number of para-hydroxylation sites is 1. The number of aromatic nitrogens is 5. The minimum atomic E-state index is -1.03. The Kier molecular flexibility index (Phi) is 19.2. The lowest BCUT2D eigenvalue weighted by atomic mass is 9.86. The highest BCUT2D eigenvalue weighted by atomic mass is 16.6. The Balaban J connectivity index is 0.570. The number of nitrogens with zero attached hydrogens (tertiary/aromatic N) is 7. The second-order valence-electron chi connectivity index (χ2n) is 18.9. The number of rotatable bonds is 29. The van der Waals surface area contributed by atoms with Crippen LogP contribution in [-0.2, 0) is 44.6 Å². The summed E-state index contributed by atoms with van der Waals surface area (Å²) in [6.07, 6.45) is 4.15. The van der Waals surface area contributed by atoms with Crippen LogP contribution >= 0.6 is 0 Å². The van der Waals surface area contributed by atoms with Crippen LogP contribution in [0.15, 0.2) is 79.0 Å². The molecule has 6 heterocycles. The molecule has 9 rings (SSSR count). The normalized spacial score (nSPS) is 17.4. The van der Waals surface area contributed by atoms with Gasteiger partial charge in [0, 0.05) is 43.9 Å². The fourth-order valence-electron chi connectivity index (χ4n) is 9.92. The molecule has 0 spiro atoms. The van der Waals surface area contributed by atoms with E-state index in [1.54, 1.807) is 29.1 Å². The van der Waals surface area contributed by atoms with E-state index >= 15 is 0 Å². The molecule has 5 aromatic rings. The number of carbonyl (C=O) groups excluding carboxylic acids is 6. The number of hydrogen-bond acceptors (Lipinski definition) is 18. The Morgan fingerprint density at radius 3 is 2.00 bits per heavy atom. The average Bonchev–Trinajstić information content (AvgIpc) is 4.39. The second-order valence-corrected chi connectivity index (χ2v) is 18.9. The summed E-state index contributed by atoms with van der Waals surface area (Å²) < 4.78 is 43.1. The highest BCUT2D eigenvalue weighted by Crippen LogP contribution is 2.40. The van der Waals surface area contributed by atoms with E-state index < -0.39 is 35.6 Å². The minimum absolute atomic E-state index is 0.0304. The van der Waals surface area contributed by atoms with Gasteiger partial charge in [0.2, 0.25) is 11.8 Å². The van der Waals surface area contributed by atoms with Gasteiger partial charge in [-0.2, -0.15) is 5.10 Å². The van der Waals surface area contributed by atoms with Gasteiger partial charge >= 0.3 is 0 Å². The predicted octanol–water partition coefficient (Wildman–Crippen LogP) is 3.55. The summed E-state index contributed by atoms with van der Waals surface area (Å²) in [5.74, 6) is -0.674. The Labute approximate surface area is 450 Å². The van der Waals surface area contributed by atoms with Gasteiger partial charge in [-0.05, 0) is 80.1 Å². The van der Waals surface area contributed by atoms with Crippen molar-refractivity contribution in [3.63, 3.8) is 0 Å². The zero-order chi connectivity index (χ0) is 54.2. The van der Waals surface area contributed by atoms with Gasteiger partial charge in [-0.25, -0.2) is 9.36 Å². The third kappa shape index (κ3) is 13.7. The molecule has 0 radical (unpaired) electrons. The van der Waals surface area contributed by atoms with Crippen molar-refractivity contribution in [2.45, 2.75) is 50.7 Å². The van der Waals surface area contributed by atoms with Crippen molar-refractivity contribution in [2.75, 3.05) is 116 Å². The van der Waals surface area contributed by atoms with Crippen LogP contribution in [0.5, 0.6) is 11.5 Å². The summed E-state index contributed by atoms with van der Waals surface area (Å²) >= 11 is 0. The van der Waals surface area contributed by atoms with E-state index in [4.69, 9.17) is 44.0 Å². The van der Waals surface area contributed by atoms with Crippen molar-refractivity contribution < 1.29 is 61.9 Å². The first-order chi connectivity index (χ1) is 38.1. The number of anilines is 2. The number of primary amides is 1. The largest absolute Gasteiger partial charge is 0.457 e. The van der Waals surface area contributed by atoms with Crippen LogP contribution in [-0.4, -0.2) is 182 Å². The number of hydrogen-bond donors (Lipinski definition) is 4. The smallest absolute Gasteiger partial charge is 0.276 e. The number of nitrogens with two attached hydrogens (primary N) is 1. The number of nitrogens with one attached hydrogen (secondary N) is 3. The zero-order valence-electron chi connectivity index (χ0n) is 43.3. The topological polar surface area (TPSA) is 284 Å². The number of carbonyl (C=O) groups is 6. The van der Waals surface area contributed by atoms with Crippen molar-refractivity contribution in [1.29, 1.82) is 0 Å². The van der Waals surface area contributed by atoms with Gasteiger partial charge < -0.3 is 54.4 Å². The van der Waals surface area contributed by atoms with Crippen LogP contribution in [0.25, 0.3) is 11.3 Å². The van der Waals surface area contributed by atoms with Crippen molar-refractivity contribution >= 4 is 46.9 Å². The van der Waals surface area contributed by atoms with E-state index in [9.17, 15) is 28.8 Å². The molecule has 5 N–H and O–H groups in total. The van der Waals surface area contributed by atoms with E-state index in [1.165, 1.54) is 0 Å². The van der Waals surface area contributed by atoms with Crippen LogP contribution in [0.4, 0.5) is 11.5 Å². The first kappa shape index (κ1) is 55.2. The van der Waals surface area contributed by atoms with Gasteiger partial charge in [0.15, 0.2) is 5.69 Å². The average molecular weight is 1080 g/mol. The van der Waals surface area contributed by atoms with Gasteiger partial charge in [-0.1, -0.05) is 29.5 Å². The molecule has 414 valence electrons. The maximum atomic E-state index is 13.5. The first-order valence-electron chi connectivity index (χ1n) is 26.4. The molecule has 0 aliphatic carbocycles. The van der Waals surface area contributed by atoms with Gasteiger partial charge in [0.1, 0.15) is 34.6 Å². The van der Waals surface area contributed by atoms with Crippen LogP contribution < -0.4 is 26.4 Å².